The summed E-state index contributed by atoms with van der Waals surface area (Å²) in [5, 5.41) is 10.1. The second kappa shape index (κ2) is 10.0. The molecule has 3 amide bonds. The highest BCUT2D eigenvalue weighted by Gasteiger charge is 2.38. The molecule has 1 aromatic rings. The molecule has 152 valence electrons. The molecule has 0 fully saturated rings. The van der Waals surface area contributed by atoms with Gasteiger partial charge in [-0.1, -0.05) is 37.8 Å². The number of hydroxylamine groups is 2. The highest BCUT2D eigenvalue weighted by atomic mass is 35.5. The van der Waals surface area contributed by atoms with Gasteiger partial charge in [-0.15, -0.1) is 0 Å². The van der Waals surface area contributed by atoms with Gasteiger partial charge in [-0.25, -0.2) is 5.06 Å². The predicted octanol–water partition coefficient (Wildman–Crippen LogP) is 1.48. The lowest BCUT2D eigenvalue weighted by molar-refractivity contribution is -0.155. The van der Waals surface area contributed by atoms with Gasteiger partial charge in [0.25, 0.3) is 5.91 Å². The molecule has 0 spiro atoms. The number of carbonyl (C=O) groups is 4. The summed E-state index contributed by atoms with van der Waals surface area (Å²) in [7, 11) is 0. The van der Waals surface area contributed by atoms with Crippen molar-refractivity contribution < 1.29 is 29.1 Å². The molecule has 1 unspecified atom stereocenters. The van der Waals surface area contributed by atoms with E-state index in [-0.39, 0.29) is 24.3 Å². The first kappa shape index (κ1) is 21.6. The van der Waals surface area contributed by atoms with Gasteiger partial charge in [0.2, 0.25) is 24.2 Å². The van der Waals surface area contributed by atoms with E-state index < -0.39 is 29.6 Å². The number of hydrogen-bond acceptors (Lipinski definition) is 6. The summed E-state index contributed by atoms with van der Waals surface area (Å²) < 4.78 is 5.32. The smallest absolute Gasteiger partial charge is 0.287 e. The quantitative estimate of drug-likeness (QED) is 0.186. The molecule has 1 aliphatic rings. The maximum absolute atomic E-state index is 12.3. The Kier molecular flexibility index (Phi) is 7.77. The van der Waals surface area contributed by atoms with E-state index in [1.54, 1.807) is 0 Å². The number of carbonyl (C=O) groups excluding carboxylic acids is 4. The zero-order valence-corrected chi connectivity index (χ0v) is 16.1. The van der Waals surface area contributed by atoms with E-state index in [1.807, 2.05) is 6.92 Å². The first-order chi connectivity index (χ1) is 13.4. The molecule has 0 saturated carbocycles. The van der Waals surface area contributed by atoms with Gasteiger partial charge in [0.1, 0.15) is 5.75 Å². The summed E-state index contributed by atoms with van der Waals surface area (Å²) >= 11 is 5.84. The van der Waals surface area contributed by atoms with Crippen molar-refractivity contribution in [3.63, 3.8) is 0 Å². The lowest BCUT2D eigenvalue weighted by Gasteiger charge is -2.20. The Morgan fingerprint density at radius 3 is 2.79 bits per heavy atom. The first-order valence-electron chi connectivity index (χ1n) is 8.88. The second-order valence-electron chi connectivity index (χ2n) is 6.40. The highest BCUT2D eigenvalue weighted by molar-refractivity contribution is 6.31. The average molecular weight is 412 g/mol. The number of ether oxygens (including phenoxy) is 1. The number of nitrogens with one attached hydrogen (secondary N) is 2. The standard InChI is InChI=1S/C18H22ClN3O6/c1-2-3-4-5-11(9-22(27)10-23)17(25)20-21-18(26)16-15(24)13-8-12(19)6-7-14(13)28-16/h6-8,10-11,16,27H,2-5,9H2,1H3,(H,20,25)(H,21,26)/t11-,16?/m1/s1. The largest absolute Gasteiger partial charge is 0.471 e. The van der Waals surface area contributed by atoms with Gasteiger partial charge in [0.15, 0.2) is 0 Å². The molecular weight excluding hydrogens is 390 g/mol. The Bertz CT molecular complexity index is 757. The van der Waals surface area contributed by atoms with Crippen molar-refractivity contribution in [2.24, 2.45) is 5.92 Å². The number of ketones is 1. The SMILES string of the molecule is CCCCC[C@H](CN(O)C=O)C(=O)NNC(=O)C1Oc2ccc(Cl)cc2C1=O. The van der Waals surface area contributed by atoms with Crippen LogP contribution < -0.4 is 15.6 Å². The number of rotatable bonds is 9. The molecule has 2 rings (SSSR count). The van der Waals surface area contributed by atoms with E-state index in [2.05, 4.69) is 10.9 Å². The summed E-state index contributed by atoms with van der Waals surface area (Å²) in [5.41, 5.74) is 4.58. The van der Waals surface area contributed by atoms with E-state index in [9.17, 15) is 24.4 Å². The Morgan fingerprint density at radius 2 is 2.11 bits per heavy atom. The molecule has 2 atom stereocenters. The van der Waals surface area contributed by atoms with Crippen LogP contribution in [0.3, 0.4) is 0 Å². The summed E-state index contributed by atoms with van der Waals surface area (Å²) in [4.78, 5) is 47.5. The number of Topliss-reactive ketones (excluding diaryl/α,β-unsaturated/α-hetero) is 1. The molecule has 0 saturated heterocycles. The third-order valence-electron chi connectivity index (χ3n) is 4.29. The fraction of sp³-hybridized carbons (Fsp3) is 0.444. The van der Waals surface area contributed by atoms with E-state index in [0.717, 1.165) is 19.3 Å². The van der Waals surface area contributed by atoms with Crippen LogP contribution in [0, 0.1) is 5.92 Å². The molecule has 1 heterocycles. The van der Waals surface area contributed by atoms with Gasteiger partial charge >= 0.3 is 0 Å². The van der Waals surface area contributed by atoms with Crippen LogP contribution in [0.15, 0.2) is 18.2 Å². The number of hydrogen-bond donors (Lipinski definition) is 3. The van der Waals surface area contributed by atoms with E-state index >= 15 is 0 Å². The number of benzene rings is 1. The van der Waals surface area contributed by atoms with Crippen LogP contribution >= 0.6 is 11.6 Å². The third kappa shape index (κ3) is 5.43. The molecular formula is C18H22ClN3O6. The Balaban J connectivity index is 1.93. The van der Waals surface area contributed by atoms with E-state index in [0.29, 0.717) is 16.5 Å². The summed E-state index contributed by atoms with van der Waals surface area (Å²) in [6.45, 7) is 1.79. The van der Waals surface area contributed by atoms with Crippen molar-refractivity contribution in [3.05, 3.63) is 28.8 Å². The summed E-state index contributed by atoms with van der Waals surface area (Å²) in [6, 6.07) is 4.43. The van der Waals surface area contributed by atoms with Crippen molar-refractivity contribution in [1.82, 2.24) is 15.9 Å². The Morgan fingerprint density at radius 1 is 1.36 bits per heavy atom. The molecule has 0 aromatic heterocycles. The van der Waals surface area contributed by atoms with Crippen molar-refractivity contribution >= 4 is 35.6 Å². The van der Waals surface area contributed by atoms with Crippen LogP contribution in [-0.4, -0.2) is 46.9 Å². The van der Waals surface area contributed by atoms with Crippen molar-refractivity contribution in [2.75, 3.05) is 6.54 Å². The molecule has 0 aliphatic carbocycles. The molecule has 0 radical (unpaired) electrons. The molecule has 1 aliphatic heterocycles. The molecule has 1 aromatic carbocycles. The average Bonchev–Trinajstić information content (AvgIpc) is 3.01. The minimum Gasteiger partial charge on any atom is -0.471 e. The van der Waals surface area contributed by atoms with Gasteiger partial charge in [0.05, 0.1) is 18.0 Å². The zero-order chi connectivity index (χ0) is 20.7. The van der Waals surface area contributed by atoms with Gasteiger partial charge in [-0.05, 0) is 24.6 Å². The zero-order valence-electron chi connectivity index (χ0n) is 15.3. The van der Waals surface area contributed by atoms with Crippen LogP contribution in [0.4, 0.5) is 0 Å². The Hall–Kier alpha value is -2.65. The van der Waals surface area contributed by atoms with Crippen molar-refractivity contribution in [1.29, 1.82) is 0 Å². The van der Waals surface area contributed by atoms with E-state index in [4.69, 9.17) is 16.3 Å². The lowest BCUT2D eigenvalue weighted by Crippen LogP contribution is -2.51. The lowest BCUT2D eigenvalue weighted by atomic mass is 10.0. The van der Waals surface area contributed by atoms with Crippen molar-refractivity contribution in [3.8, 4) is 5.75 Å². The van der Waals surface area contributed by atoms with Gasteiger partial charge in [0, 0.05) is 5.02 Å². The maximum atomic E-state index is 12.3. The number of amides is 3. The monoisotopic (exact) mass is 411 g/mol. The van der Waals surface area contributed by atoms with Crippen LogP contribution in [0.2, 0.25) is 5.02 Å². The fourth-order valence-corrected chi connectivity index (χ4v) is 2.97. The number of fused-ring (bicyclic) bond motifs is 1. The minimum atomic E-state index is -1.43. The Labute approximate surface area is 166 Å². The predicted molar refractivity (Wildman–Crippen MR) is 98.7 cm³/mol. The van der Waals surface area contributed by atoms with E-state index in [1.165, 1.54) is 18.2 Å². The van der Waals surface area contributed by atoms with Gasteiger partial charge in [-0.2, -0.15) is 0 Å². The second-order valence-corrected chi connectivity index (χ2v) is 6.84. The van der Waals surface area contributed by atoms with Crippen LogP contribution in [-0.2, 0) is 14.4 Å². The topological polar surface area (TPSA) is 125 Å². The fourth-order valence-electron chi connectivity index (χ4n) is 2.80. The van der Waals surface area contributed by atoms with Gasteiger partial charge < -0.3 is 4.74 Å². The number of unbranched alkanes of at least 4 members (excludes halogenated alkanes) is 2. The van der Waals surface area contributed by atoms with Crippen molar-refractivity contribution in [2.45, 2.75) is 38.7 Å². The normalized spacial score (nSPS) is 16.0. The summed E-state index contributed by atoms with van der Waals surface area (Å²) in [5.74, 6) is -2.48. The molecule has 3 N–H and O–H groups in total. The third-order valence-corrected chi connectivity index (χ3v) is 4.53. The number of halogens is 1. The van der Waals surface area contributed by atoms with Crippen LogP contribution in [0.5, 0.6) is 5.75 Å². The first-order valence-corrected chi connectivity index (χ1v) is 9.26. The molecule has 10 heteroatoms. The minimum absolute atomic E-state index is 0.193. The van der Waals surface area contributed by atoms with Crippen LogP contribution in [0.25, 0.3) is 0 Å². The van der Waals surface area contributed by atoms with Gasteiger partial charge in [-0.3, -0.25) is 35.2 Å². The molecule has 0 bridgehead atoms. The number of nitrogens with zero attached hydrogens (tertiary/aromatic N) is 1. The highest BCUT2D eigenvalue weighted by Crippen LogP contribution is 2.31. The van der Waals surface area contributed by atoms with Crippen LogP contribution in [0.1, 0.15) is 43.0 Å². The maximum Gasteiger partial charge on any atom is 0.287 e. The molecule has 9 nitrogen and oxygen atoms in total. The number of hydrazine groups is 1. The molecule has 28 heavy (non-hydrogen) atoms. The summed E-state index contributed by atoms with van der Waals surface area (Å²) in [6.07, 6.45) is 1.73.